The topological polar surface area (TPSA) is 46.6 Å². The van der Waals surface area contributed by atoms with E-state index in [1.807, 2.05) is 0 Å². The van der Waals surface area contributed by atoms with E-state index in [0.717, 1.165) is 30.6 Å². The monoisotopic (exact) mass is 455 g/mol. The molecular weight excluding hydrogens is 429 g/mol. The number of likely N-dealkylation sites (tertiary alicyclic amines) is 1. The summed E-state index contributed by atoms with van der Waals surface area (Å²) in [7, 11) is 0. The van der Waals surface area contributed by atoms with Crippen molar-refractivity contribution in [1.29, 1.82) is 0 Å². The molecule has 0 spiro atoms. The molecule has 1 saturated heterocycles. The third-order valence-electron chi connectivity index (χ3n) is 8.63. The summed E-state index contributed by atoms with van der Waals surface area (Å²) in [6, 6.07) is 0.194. The van der Waals surface area contributed by atoms with E-state index in [4.69, 9.17) is 4.74 Å². The van der Waals surface area contributed by atoms with Crippen molar-refractivity contribution in [3.63, 3.8) is 0 Å². The molecule has 5 atom stereocenters. The molecule has 0 aromatic rings. The van der Waals surface area contributed by atoms with Crippen molar-refractivity contribution in [3.8, 4) is 0 Å². The van der Waals surface area contributed by atoms with Crippen LogP contribution in [0.25, 0.3) is 0 Å². The fourth-order valence-corrected chi connectivity index (χ4v) is 8.67. The molecule has 6 saturated carbocycles. The van der Waals surface area contributed by atoms with Crippen molar-refractivity contribution in [1.82, 2.24) is 4.90 Å². The van der Waals surface area contributed by atoms with Crippen molar-refractivity contribution < 1.29 is 14.3 Å². The first-order chi connectivity index (χ1) is 12.1. The van der Waals surface area contributed by atoms with E-state index in [1.165, 1.54) is 38.5 Å². The van der Waals surface area contributed by atoms with Gasteiger partial charge < -0.3 is 9.64 Å². The third kappa shape index (κ3) is 1.99. The minimum atomic E-state index is -0.0977. The molecule has 6 bridgehead atoms. The molecule has 0 N–H and O–H groups in total. The lowest BCUT2D eigenvalue weighted by Gasteiger charge is -2.61. The Morgan fingerprint density at radius 3 is 2.32 bits per heavy atom. The molecule has 0 radical (unpaired) electrons. The first kappa shape index (κ1) is 15.7. The molecule has 4 nitrogen and oxygen atoms in total. The molecule has 1 heterocycles. The second-order valence-electron chi connectivity index (χ2n) is 9.93. The number of fused-ring (bicyclic) bond motifs is 1. The van der Waals surface area contributed by atoms with Gasteiger partial charge in [-0.1, -0.05) is 22.6 Å². The van der Waals surface area contributed by atoms with Gasteiger partial charge >= 0.3 is 5.97 Å². The summed E-state index contributed by atoms with van der Waals surface area (Å²) in [5.41, 5.74) is 0.109. The highest BCUT2D eigenvalue weighted by molar-refractivity contribution is 14.1. The Bertz CT molecular complexity index is 614. The molecule has 5 heteroatoms. The molecule has 1 amide bonds. The fraction of sp³-hybridized carbons (Fsp3) is 0.900. The van der Waals surface area contributed by atoms with Crippen LogP contribution in [0.5, 0.6) is 0 Å². The summed E-state index contributed by atoms with van der Waals surface area (Å²) in [6.45, 7) is 0. The predicted molar refractivity (Wildman–Crippen MR) is 100 cm³/mol. The summed E-state index contributed by atoms with van der Waals surface area (Å²) in [6.07, 6.45) is 9.89. The lowest BCUT2D eigenvalue weighted by molar-refractivity contribution is -0.163. The highest BCUT2D eigenvalue weighted by Crippen LogP contribution is 2.64. The largest absolute Gasteiger partial charge is 0.459 e. The average molecular weight is 455 g/mol. The standard InChI is InChI=1S/C20H26INO3/c21-9-16(23)25-18-13-4-14-15(5-13)19(24)22(17(14)18)20-6-10-1-11(7-20)3-12(2-10)8-20/h10-15,17-18H,1-9H2. The SMILES string of the molecule is O=C(CI)OC1C2CC3C(=O)N(C45CC6CC(CC(C6)C4)C5)C1C3C2. The maximum Gasteiger partial charge on any atom is 0.316 e. The van der Waals surface area contributed by atoms with Crippen LogP contribution in [0.4, 0.5) is 0 Å². The maximum absolute atomic E-state index is 13.4. The van der Waals surface area contributed by atoms with Gasteiger partial charge in [-0.15, -0.1) is 0 Å². The number of esters is 1. The quantitative estimate of drug-likeness (QED) is 0.373. The normalized spacial score (nSPS) is 54.6. The lowest BCUT2D eigenvalue weighted by Crippen LogP contribution is -2.64. The van der Waals surface area contributed by atoms with Crippen LogP contribution < -0.4 is 0 Å². The van der Waals surface area contributed by atoms with E-state index >= 15 is 0 Å². The maximum atomic E-state index is 13.4. The minimum absolute atomic E-state index is 0.0250. The number of carbonyl (C=O) groups excluding carboxylic acids is 2. The number of hydrogen-bond donors (Lipinski definition) is 0. The Balaban J connectivity index is 1.37. The minimum Gasteiger partial charge on any atom is -0.459 e. The molecule has 136 valence electrons. The smallest absolute Gasteiger partial charge is 0.316 e. The molecule has 7 aliphatic rings. The van der Waals surface area contributed by atoms with Crippen LogP contribution in [-0.2, 0) is 14.3 Å². The van der Waals surface area contributed by atoms with Crippen molar-refractivity contribution in [2.45, 2.75) is 69.1 Å². The first-order valence-corrected chi connectivity index (χ1v) is 11.7. The van der Waals surface area contributed by atoms with Crippen LogP contribution in [0.15, 0.2) is 0 Å². The number of carbonyl (C=O) groups is 2. The Morgan fingerprint density at radius 2 is 1.72 bits per heavy atom. The van der Waals surface area contributed by atoms with Crippen LogP contribution in [0.3, 0.4) is 0 Å². The molecular formula is C20H26INO3. The molecule has 7 rings (SSSR count). The Kier molecular flexibility index (Phi) is 3.23. The Morgan fingerprint density at radius 1 is 1.08 bits per heavy atom. The van der Waals surface area contributed by atoms with Crippen LogP contribution in [0.2, 0.25) is 0 Å². The Labute approximate surface area is 162 Å². The van der Waals surface area contributed by atoms with Gasteiger partial charge in [0.15, 0.2) is 0 Å². The van der Waals surface area contributed by atoms with Gasteiger partial charge in [0.1, 0.15) is 6.10 Å². The molecule has 6 aliphatic carbocycles. The summed E-state index contributed by atoms with van der Waals surface area (Å²) in [5.74, 6) is 3.95. The molecule has 1 aliphatic heterocycles. The summed E-state index contributed by atoms with van der Waals surface area (Å²) >= 11 is 2.09. The van der Waals surface area contributed by atoms with E-state index in [-0.39, 0.29) is 29.6 Å². The zero-order chi connectivity index (χ0) is 16.9. The van der Waals surface area contributed by atoms with Gasteiger partial charge in [0.05, 0.1) is 10.5 Å². The highest BCUT2D eigenvalue weighted by Gasteiger charge is 2.69. The van der Waals surface area contributed by atoms with Crippen molar-refractivity contribution in [2.24, 2.45) is 35.5 Å². The molecule has 7 fully saturated rings. The van der Waals surface area contributed by atoms with Gasteiger partial charge in [-0.05, 0) is 81.0 Å². The van der Waals surface area contributed by atoms with Crippen LogP contribution >= 0.6 is 22.6 Å². The van der Waals surface area contributed by atoms with Gasteiger partial charge in [0.2, 0.25) is 5.91 Å². The van der Waals surface area contributed by atoms with Gasteiger partial charge in [-0.2, -0.15) is 0 Å². The highest BCUT2D eigenvalue weighted by atomic mass is 127. The summed E-state index contributed by atoms with van der Waals surface area (Å²) in [5, 5.41) is 0. The van der Waals surface area contributed by atoms with Gasteiger partial charge in [-0.25, -0.2) is 0 Å². The average Bonchev–Trinajstić information content (AvgIpc) is 3.17. The predicted octanol–water partition coefficient (Wildman–Crippen LogP) is 3.17. The van der Waals surface area contributed by atoms with Crippen molar-refractivity contribution in [2.75, 3.05) is 4.43 Å². The second kappa shape index (κ2) is 5.14. The first-order valence-electron chi connectivity index (χ1n) is 10.2. The van der Waals surface area contributed by atoms with E-state index in [1.54, 1.807) is 0 Å². The third-order valence-corrected chi connectivity index (χ3v) is 9.26. The van der Waals surface area contributed by atoms with Gasteiger partial charge in [0.25, 0.3) is 0 Å². The number of hydrogen-bond acceptors (Lipinski definition) is 3. The number of nitrogens with zero attached hydrogens (tertiary/aromatic N) is 1. The number of alkyl halides is 1. The van der Waals surface area contributed by atoms with Crippen molar-refractivity contribution >= 4 is 34.5 Å². The van der Waals surface area contributed by atoms with Crippen LogP contribution in [-0.4, -0.2) is 38.9 Å². The molecule has 0 aromatic heterocycles. The van der Waals surface area contributed by atoms with E-state index < -0.39 is 0 Å². The van der Waals surface area contributed by atoms with E-state index in [0.29, 0.717) is 22.2 Å². The zero-order valence-corrected chi connectivity index (χ0v) is 16.7. The fourth-order valence-electron chi connectivity index (χ4n) is 8.49. The molecule has 5 unspecified atom stereocenters. The molecule has 0 aromatic carbocycles. The lowest BCUT2D eigenvalue weighted by atomic mass is 9.52. The van der Waals surface area contributed by atoms with Crippen LogP contribution in [0, 0.1) is 35.5 Å². The van der Waals surface area contributed by atoms with E-state index in [2.05, 4.69) is 27.5 Å². The van der Waals surface area contributed by atoms with Gasteiger partial charge in [0, 0.05) is 11.5 Å². The summed E-state index contributed by atoms with van der Waals surface area (Å²) in [4.78, 5) is 27.8. The Hall–Kier alpha value is -0.330. The number of halogens is 1. The van der Waals surface area contributed by atoms with Crippen LogP contribution in [0.1, 0.15) is 51.4 Å². The number of rotatable bonds is 3. The second-order valence-corrected chi connectivity index (χ2v) is 10.7. The number of ether oxygens (including phenoxy) is 1. The zero-order valence-electron chi connectivity index (χ0n) is 14.5. The molecule has 25 heavy (non-hydrogen) atoms. The van der Waals surface area contributed by atoms with E-state index in [9.17, 15) is 9.59 Å². The van der Waals surface area contributed by atoms with Crippen molar-refractivity contribution in [3.05, 3.63) is 0 Å². The number of amides is 1. The summed E-state index contributed by atoms with van der Waals surface area (Å²) < 4.78 is 6.34. The van der Waals surface area contributed by atoms with Gasteiger partial charge in [-0.3, -0.25) is 9.59 Å².